The van der Waals surface area contributed by atoms with Crippen molar-refractivity contribution in [2.45, 2.75) is 59.0 Å². The Morgan fingerprint density at radius 2 is 1.93 bits per heavy atom. The summed E-state index contributed by atoms with van der Waals surface area (Å²) >= 11 is 0. The number of imidazole rings is 1. The van der Waals surface area contributed by atoms with E-state index < -0.39 is 6.10 Å². The lowest BCUT2D eigenvalue weighted by Crippen LogP contribution is -2.36. The summed E-state index contributed by atoms with van der Waals surface area (Å²) in [6.07, 6.45) is 1.94. The second-order valence-corrected chi connectivity index (χ2v) is 10.2. The molecule has 2 aromatic heterocycles. The minimum absolute atomic E-state index is 0.103. The van der Waals surface area contributed by atoms with Crippen LogP contribution in [0.1, 0.15) is 57.7 Å². The lowest BCUT2D eigenvalue weighted by Gasteiger charge is -2.22. The van der Waals surface area contributed by atoms with Gasteiger partial charge in [-0.15, -0.1) is 0 Å². The molecule has 1 saturated carbocycles. The molecule has 1 saturated heterocycles. The number of carbonyl (C=O) groups excluding carboxylic acids is 1. The highest BCUT2D eigenvalue weighted by molar-refractivity contribution is 5.80. The SMILES string of the molecule is CC(O)C(=O)N1CC2CC(c3cc(CC(C)(C)C)c4[nH]c(=O)n(C)c4n3)CC2C1. The third-order valence-electron chi connectivity index (χ3n) is 6.52. The molecule has 3 unspecified atom stereocenters. The number of nitrogens with one attached hydrogen (secondary N) is 1. The second-order valence-electron chi connectivity index (χ2n) is 10.2. The number of aryl methyl sites for hydroxylation is 1. The zero-order chi connectivity index (χ0) is 21.1. The van der Waals surface area contributed by atoms with Crippen LogP contribution in [0.4, 0.5) is 0 Å². The molecule has 0 spiro atoms. The third kappa shape index (κ3) is 3.72. The van der Waals surface area contributed by atoms with Gasteiger partial charge in [0.1, 0.15) is 6.10 Å². The van der Waals surface area contributed by atoms with Crippen LogP contribution in [0.2, 0.25) is 0 Å². The van der Waals surface area contributed by atoms with E-state index in [1.54, 1.807) is 11.6 Å². The number of aliphatic hydroxyl groups excluding tert-OH is 1. The van der Waals surface area contributed by atoms with E-state index >= 15 is 0 Å². The van der Waals surface area contributed by atoms with Gasteiger partial charge in [0.05, 0.1) is 5.52 Å². The number of likely N-dealkylation sites (tertiary alicyclic amines) is 1. The molecule has 3 heterocycles. The van der Waals surface area contributed by atoms with Crippen LogP contribution in [0, 0.1) is 17.3 Å². The van der Waals surface area contributed by atoms with Gasteiger partial charge in [-0.05, 0) is 55.1 Å². The van der Waals surface area contributed by atoms with Gasteiger partial charge in [0.2, 0.25) is 0 Å². The van der Waals surface area contributed by atoms with Gasteiger partial charge in [0, 0.05) is 31.7 Å². The van der Waals surface area contributed by atoms with Crippen LogP contribution in [0.15, 0.2) is 10.9 Å². The molecule has 2 aliphatic rings. The topological polar surface area (TPSA) is 91.2 Å². The minimum atomic E-state index is -0.927. The summed E-state index contributed by atoms with van der Waals surface area (Å²) < 4.78 is 1.60. The number of H-pyrrole nitrogens is 1. The molecule has 2 aromatic rings. The van der Waals surface area contributed by atoms with Gasteiger partial charge in [-0.25, -0.2) is 9.78 Å². The maximum atomic E-state index is 12.2. The Bertz CT molecular complexity index is 984. The van der Waals surface area contributed by atoms with Crippen molar-refractivity contribution in [2.24, 2.45) is 24.3 Å². The third-order valence-corrected chi connectivity index (χ3v) is 6.52. The van der Waals surface area contributed by atoms with Gasteiger partial charge >= 0.3 is 5.69 Å². The number of amides is 1. The number of hydrogen-bond acceptors (Lipinski definition) is 4. The van der Waals surface area contributed by atoms with Gasteiger partial charge in [0.25, 0.3) is 5.91 Å². The number of fused-ring (bicyclic) bond motifs is 2. The Morgan fingerprint density at radius 3 is 2.48 bits per heavy atom. The Hall–Kier alpha value is -2.15. The van der Waals surface area contributed by atoms with Crippen molar-refractivity contribution in [3.05, 3.63) is 27.8 Å². The first kappa shape index (κ1) is 20.1. The van der Waals surface area contributed by atoms with E-state index in [0.717, 1.165) is 54.8 Å². The van der Waals surface area contributed by atoms with Crippen molar-refractivity contribution < 1.29 is 9.90 Å². The Morgan fingerprint density at radius 1 is 1.31 bits per heavy atom. The molecule has 2 fully saturated rings. The summed E-state index contributed by atoms with van der Waals surface area (Å²) in [5.74, 6) is 1.11. The fraction of sp³-hybridized carbons (Fsp3) is 0.682. The van der Waals surface area contributed by atoms with Crippen molar-refractivity contribution in [2.75, 3.05) is 13.1 Å². The molecule has 1 amide bonds. The van der Waals surface area contributed by atoms with Crippen molar-refractivity contribution in [1.82, 2.24) is 19.4 Å². The fourth-order valence-corrected chi connectivity index (χ4v) is 5.18. The van der Waals surface area contributed by atoms with Crippen molar-refractivity contribution in [1.29, 1.82) is 0 Å². The van der Waals surface area contributed by atoms with Crippen molar-refractivity contribution in [3.63, 3.8) is 0 Å². The monoisotopic (exact) mass is 400 g/mol. The average Bonchev–Trinajstić information content (AvgIpc) is 3.26. The predicted octanol–water partition coefficient (Wildman–Crippen LogP) is 2.18. The molecule has 0 bridgehead atoms. The summed E-state index contributed by atoms with van der Waals surface area (Å²) in [5.41, 5.74) is 3.77. The zero-order valence-corrected chi connectivity index (χ0v) is 18.0. The fourth-order valence-electron chi connectivity index (χ4n) is 5.18. The van der Waals surface area contributed by atoms with Crippen LogP contribution in [-0.4, -0.2) is 49.6 Å². The largest absolute Gasteiger partial charge is 0.384 e. The molecule has 1 aliphatic carbocycles. The molecule has 4 rings (SSSR count). The average molecular weight is 401 g/mol. The summed E-state index contributed by atoms with van der Waals surface area (Å²) in [7, 11) is 1.77. The predicted molar refractivity (Wildman–Crippen MR) is 112 cm³/mol. The summed E-state index contributed by atoms with van der Waals surface area (Å²) in [4.78, 5) is 34.0. The van der Waals surface area contributed by atoms with Crippen LogP contribution in [0.5, 0.6) is 0 Å². The van der Waals surface area contributed by atoms with E-state index in [1.807, 2.05) is 4.90 Å². The maximum absolute atomic E-state index is 12.2. The number of aromatic amines is 1. The smallest absolute Gasteiger partial charge is 0.327 e. The molecule has 7 nitrogen and oxygen atoms in total. The van der Waals surface area contributed by atoms with Crippen LogP contribution >= 0.6 is 0 Å². The number of carbonyl (C=O) groups is 1. The van der Waals surface area contributed by atoms with Crippen molar-refractivity contribution in [3.8, 4) is 0 Å². The van der Waals surface area contributed by atoms with Gasteiger partial charge in [-0.3, -0.25) is 9.36 Å². The lowest BCUT2D eigenvalue weighted by molar-refractivity contribution is -0.138. The van der Waals surface area contributed by atoms with Gasteiger partial charge < -0.3 is 15.0 Å². The lowest BCUT2D eigenvalue weighted by atomic mass is 9.87. The highest BCUT2D eigenvalue weighted by Gasteiger charge is 2.43. The first-order valence-corrected chi connectivity index (χ1v) is 10.6. The van der Waals surface area contributed by atoms with Gasteiger partial charge in [-0.2, -0.15) is 0 Å². The quantitative estimate of drug-likeness (QED) is 0.826. The van der Waals surface area contributed by atoms with E-state index in [2.05, 4.69) is 31.8 Å². The Kier molecular flexibility index (Phi) is 4.84. The molecule has 3 atom stereocenters. The second kappa shape index (κ2) is 6.97. The van der Waals surface area contributed by atoms with E-state index in [0.29, 0.717) is 17.8 Å². The standard InChI is InChI=1S/C22H32N4O3/c1-12(27)20(28)26-10-15-6-13(7-16(15)11-26)17-8-14(9-22(2,3)4)18-19(23-17)25(5)21(29)24-18/h8,12-13,15-16,27H,6-7,9-11H2,1-5H3,(H,24,29). The maximum Gasteiger partial charge on any atom is 0.327 e. The normalized spacial score (nSPS) is 25.6. The summed E-state index contributed by atoms with van der Waals surface area (Å²) in [6.45, 7) is 9.60. The van der Waals surface area contributed by atoms with Crippen LogP contribution in [-0.2, 0) is 18.3 Å². The molecule has 1 aliphatic heterocycles. The number of aromatic nitrogens is 3. The van der Waals surface area contributed by atoms with Crippen LogP contribution in [0.3, 0.4) is 0 Å². The summed E-state index contributed by atoms with van der Waals surface area (Å²) in [5, 5.41) is 9.59. The zero-order valence-electron chi connectivity index (χ0n) is 18.0. The van der Waals surface area contributed by atoms with E-state index in [1.165, 1.54) is 6.92 Å². The van der Waals surface area contributed by atoms with Gasteiger partial charge in [0.15, 0.2) is 5.65 Å². The number of pyridine rings is 1. The van der Waals surface area contributed by atoms with Crippen molar-refractivity contribution >= 4 is 17.1 Å². The Labute approximate surface area is 171 Å². The summed E-state index contributed by atoms with van der Waals surface area (Å²) in [6, 6.07) is 2.19. The number of rotatable bonds is 3. The highest BCUT2D eigenvalue weighted by Crippen LogP contribution is 2.46. The van der Waals surface area contributed by atoms with E-state index in [9.17, 15) is 14.7 Å². The number of nitrogens with zero attached hydrogens (tertiary/aromatic N) is 3. The molecular weight excluding hydrogens is 368 g/mol. The molecule has 29 heavy (non-hydrogen) atoms. The molecular formula is C22H32N4O3. The minimum Gasteiger partial charge on any atom is -0.384 e. The first-order chi connectivity index (χ1) is 13.5. The molecule has 158 valence electrons. The van der Waals surface area contributed by atoms with Crippen LogP contribution < -0.4 is 5.69 Å². The number of aliphatic hydroxyl groups is 1. The van der Waals surface area contributed by atoms with Gasteiger partial charge in [-0.1, -0.05) is 20.8 Å². The molecule has 2 N–H and O–H groups in total. The Balaban J connectivity index is 1.62. The first-order valence-electron chi connectivity index (χ1n) is 10.6. The van der Waals surface area contributed by atoms with Crippen LogP contribution in [0.25, 0.3) is 11.2 Å². The molecule has 0 radical (unpaired) electrons. The highest BCUT2D eigenvalue weighted by atomic mass is 16.3. The number of hydrogen-bond donors (Lipinski definition) is 2. The molecule has 7 heteroatoms. The van der Waals surface area contributed by atoms with E-state index in [4.69, 9.17) is 4.98 Å². The van der Waals surface area contributed by atoms with E-state index in [-0.39, 0.29) is 17.0 Å². The molecule has 0 aromatic carbocycles.